The third-order valence-electron chi connectivity index (χ3n) is 5.37. The summed E-state index contributed by atoms with van der Waals surface area (Å²) in [5, 5.41) is 15.2. The van der Waals surface area contributed by atoms with Gasteiger partial charge in [0.05, 0.1) is 29.7 Å². The number of methoxy groups -OCH3 is 1. The number of aryl methyl sites for hydroxylation is 1. The van der Waals surface area contributed by atoms with Crippen LogP contribution in [0.1, 0.15) is 29.7 Å². The molecule has 2 heterocycles. The number of aromatic nitrogens is 2. The number of carbonyl (C=O) groups is 2. The molecule has 1 atom stereocenters. The lowest BCUT2D eigenvalue weighted by Crippen LogP contribution is -2.31. The van der Waals surface area contributed by atoms with Gasteiger partial charge in [0.1, 0.15) is 5.75 Å². The van der Waals surface area contributed by atoms with E-state index in [2.05, 4.69) is 27.1 Å². The van der Waals surface area contributed by atoms with Crippen molar-refractivity contribution in [2.24, 2.45) is 0 Å². The average Bonchev–Trinajstić information content (AvgIpc) is 3.24. The molecule has 32 heavy (non-hydrogen) atoms. The lowest BCUT2D eigenvalue weighted by molar-refractivity contribution is -0.117. The molecule has 8 heteroatoms. The zero-order valence-corrected chi connectivity index (χ0v) is 19.5. The summed E-state index contributed by atoms with van der Waals surface area (Å²) in [6.45, 7) is 3.87. The van der Waals surface area contributed by atoms with Crippen LogP contribution in [0.2, 0.25) is 0 Å². The van der Waals surface area contributed by atoms with Gasteiger partial charge >= 0.3 is 0 Å². The van der Waals surface area contributed by atoms with Crippen molar-refractivity contribution in [3.63, 3.8) is 0 Å². The van der Waals surface area contributed by atoms with Crippen molar-refractivity contribution in [1.82, 2.24) is 9.78 Å². The number of anilines is 1. The number of Topliss-reactive ketones (excluding diaryl/α,β-unsaturated/α-hetero) is 1. The van der Waals surface area contributed by atoms with E-state index >= 15 is 0 Å². The monoisotopic (exact) mass is 495 g/mol. The number of rotatable bonds is 6. The fourth-order valence-electron chi connectivity index (χ4n) is 3.91. The van der Waals surface area contributed by atoms with Gasteiger partial charge < -0.3 is 9.84 Å². The van der Waals surface area contributed by atoms with Crippen molar-refractivity contribution in [1.29, 1.82) is 0 Å². The first-order valence-electron chi connectivity index (χ1n) is 10.00. The maximum absolute atomic E-state index is 13.1. The predicted octanol–water partition coefficient (Wildman–Crippen LogP) is 4.50. The molecular formula is C24H22BrN3O4. The Morgan fingerprint density at radius 2 is 1.94 bits per heavy atom. The van der Waals surface area contributed by atoms with Gasteiger partial charge in [0.2, 0.25) is 0 Å². The summed E-state index contributed by atoms with van der Waals surface area (Å²) in [4.78, 5) is 26.8. The number of hydrogen-bond acceptors (Lipinski definition) is 5. The molecule has 1 N–H and O–H groups in total. The van der Waals surface area contributed by atoms with Gasteiger partial charge in [-0.25, -0.2) is 0 Å². The molecule has 2 aromatic carbocycles. The Bertz CT molecular complexity index is 1230. The normalized spacial score (nSPS) is 16.1. The largest absolute Gasteiger partial charge is 0.503 e. The average molecular weight is 496 g/mol. The molecule has 0 unspecified atom stereocenters. The smallest absolute Gasteiger partial charge is 0.295 e. The third-order valence-corrected chi connectivity index (χ3v) is 5.93. The lowest BCUT2D eigenvalue weighted by atomic mass is 9.96. The molecule has 0 spiro atoms. The summed E-state index contributed by atoms with van der Waals surface area (Å²) in [5.41, 5.74) is 2.91. The predicted molar refractivity (Wildman–Crippen MR) is 124 cm³/mol. The van der Waals surface area contributed by atoms with E-state index in [1.165, 1.54) is 11.8 Å². The van der Waals surface area contributed by atoms with Crippen molar-refractivity contribution in [2.45, 2.75) is 26.4 Å². The van der Waals surface area contributed by atoms with Crippen molar-refractivity contribution < 1.29 is 19.4 Å². The number of hydrogen-bond donors (Lipinski definition) is 1. The molecule has 0 saturated heterocycles. The number of nitrogens with zero attached hydrogens (tertiary/aromatic N) is 3. The number of amides is 1. The molecule has 1 aliphatic heterocycles. The summed E-state index contributed by atoms with van der Waals surface area (Å²) >= 11 is 3.50. The van der Waals surface area contributed by atoms with Crippen LogP contribution in [-0.2, 0) is 16.1 Å². The van der Waals surface area contributed by atoms with Gasteiger partial charge in [-0.2, -0.15) is 5.10 Å². The molecule has 4 rings (SSSR count). The van der Waals surface area contributed by atoms with E-state index in [4.69, 9.17) is 4.74 Å². The van der Waals surface area contributed by atoms with Crippen LogP contribution in [0, 0.1) is 6.92 Å². The molecule has 164 valence electrons. The quantitative estimate of drug-likeness (QED) is 0.544. The second-order valence-corrected chi connectivity index (χ2v) is 8.51. The standard InChI is InChI=1S/C24H22BrN3O4/c1-14-5-4-6-16(11-14)12-27-13-19(25)23(26-27)28-21(17-7-9-18(32-3)10-8-17)20(15(2)29)22(30)24(28)31/h4-11,13,21,30H,12H2,1-3H3/t21-/m1/s1. The molecule has 1 amide bonds. The van der Waals surface area contributed by atoms with Crippen LogP contribution in [0.25, 0.3) is 0 Å². The van der Waals surface area contributed by atoms with Crippen molar-refractivity contribution in [2.75, 3.05) is 12.0 Å². The highest BCUT2D eigenvalue weighted by atomic mass is 79.9. The van der Waals surface area contributed by atoms with Crippen LogP contribution >= 0.6 is 15.9 Å². The van der Waals surface area contributed by atoms with E-state index in [1.807, 2.05) is 25.1 Å². The van der Waals surface area contributed by atoms with Crippen LogP contribution in [-0.4, -0.2) is 33.7 Å². The van der Waals surface area contributed by atoms with Crippen LogP contribution in [0.15, 0.2) is 70.5 Å². The van der Waals surface area contributed by atoms with Gasteiger partial charge in [0.15, 0.2) is 17.4 Å². The number of aliphatic hydroxyl groups is 1. The molecule has 0 fully saturated rings. The summed E-state index contributed by atoms with van der Waals surface area (Å²) in [6.07, 6.45) is 1.78. The van der Waals surface area contributed by atoms with E-state index in [1.54, 1.807) is 42.3 Å². The fraction of sp³-hybridized carbons (Fsp3) is 0.208. The number of ether oxygens (including phenoxy) is 1. The fourth-order valence-corrected chi connectivity index (χ4v) is 4.42. The van der Waals surface area contributed by atoms with Gasteiger partial charge in [0, 0.05) is 6.20 Å². The Balaban J connectivity index is 1.76. The van der Waals surface area contributed by atoms with E-state index in [0.717, 1.165) is 11.1 Å². The van der Waals surface area contributed by atoms with Gasteiger partial charge in [0.25, 0.3) is 5.91 Å². The molecule has 0 radical (unpaired) electrons. The first kappa shape index (κ1) is 21.8. The minimum absolute atomic E-state index is 0.0419. The number of benzene rings is 2. The molecule has 7 nitrogen and oxygen atoms in total. The zero-order chi connectivity index (χ0) is 23.0. The van der Waals surface area contributed by atoms with E-state index in [-0.39, 0.29) is 11.4 Å². The van der Waals surface area contributed by atoms with Gasteiger partial charge in [-0.15, -0.1) is 0 Å². The Morgan fingerprint density at radius 1 is 1.22 bits per heavy atom. The minimum atomic E-state index is -0.801. The van der Waals surface area contributed by atoms with Crippen molar-refractivity contribution in [3.8, 4) is 5.75 Å². The Labute approximate surface area is 194 Å². The summed E-state index contributed by atoms with van der Waals surface area (Å²) in [6, 6.07) is 14.3. The lowest BCUT2D eigenvalue weighted by Gasteiger charge is -2.25. The summed E-state index contributed by atoms with van der Waals surface area (Å²) < 4.78 is 7.51. The Hall–Kier alpha value is -3.39. The van der Waals surface area contributed by atoms with Crippen LogP contribution in [0.3, 0.4) is 0 Å². The second kappa shape index (κ2) is 8.63. The highest BCUT2D eigenvalue weighted by Gasteiger charge is 2.45. The number of halogens is 1. The number of aliphatic hydroxyl groups excluding tert-OH is 1. The maximum Gasteiger partial charge on any atom is 0.295 e. The second-order valence-electron chi connectivity index (χ2n) is 7.66. The van der Waals surface area contributed by atoms with Crippen molar-refractivity contribution in [3.05, 3.63) is 87.2 Å². The van der Waals surface area contributed by atoms with E-state index in [9.17, 15) is 14.7 Å². The van der Waals surface area contributed by atoms with E-state index in [0.29, 0.717) is 28.1 Å². The topological polar surface area (TPSA) is 84.7 Å². The summed E-state index contributed by atoms with van der Waals surface area (Å²) in [7, 11) is 1.56. The summed E-state index contributed by atoms with van der Waals surface area (Å²) in [5.74, 6) is -0.637. The highest BCUT2D eigenvalue weighted by molar-refractivity contribution is 9.10. The first-order valence-corrected chi connectivity index (χ1v) is 10.8. The van der Waals surface area contributed by atoms with Crippen LogP contribution < -0.4 is 9.64 Å². The molecule has 3 aromatic rings. The van der Waals surface area contributed by atoms with Gasteiger partial charge in [-0.3, -0.25) is 19.2 Å². The minimum Gasteiger partial charge on any atom is -0.503 e. The molecule has 1 aliphatic rings. The van der Waals surface area contributed by atoms with Crippen LogP contribution in [0.5, 0.6) is 5.75 Å². The zero-order valence-electron chi connectivity index (χ0n) is 17.9. The Morgan fingerprint density at radius 3 is 2.56 bits per heavy atom. The van der Waals surface area contributed by atoms with Gasteiger partial charge in [-0.1, -0.05) is 42.0 Å². The molecule has 1 aromatic heterocycles. The van der Waals surface area contributed by atoms with Crippen molar-refractivity contribution >= 4 is 33.4 Å². The molecule has 0 aliphatic carbocycles. The third kappa shape index (κ3) is 3.93. The van der Waals surface area contributed by atoms with Crippen LogP contribution in [0.4, 0.5) is 5.82 Å². The molecular weight excluding hydrogens is 474 g/mol. The SMILES string of the molecule is COc1ccc([C@@H]2C(C(C)=O)=C(O)C(=O)N2c2nn(Cc3cccc(C)c3)cc2Br)cc1. The molecule has 0 bridgehead atoms. The molecule has 0 saturated carbocycles. The number of carbonyl (C=O) groups excluding carboxylic acids is 2. The van der Waals surface area contributed by atoms with Gasteiger partial charge in [-0.05, 0) is 53.0 Å². The first-order chi connectivity index (χ1) is 15.3. The highest BCUT2D eigenvalue weighted by Crippen LogP contribution is 2.42. The Kier molecular flexibility index (Phi) is 5.88. The van der Waals surface area contributed by atoms with E-state index < -0.39 is 17.7 Å². The number of ketones is 1. The maximum atomic E-state index is 13.1.